The Kier molecular flexibility index (Phi) is 3.49. The molecule has 1 aliphatic rings. The third-order valence-electron chi connectivity index (χ3n) is 3.58. The Morgan fingerprint density at radius 1 is 1.44 bits per heavy atom. The van der Waals surface area contributed by atoms with Crippen molar-refractivity contribution in [2.75, 3.05) is 13.1 Å². The fraction of sp³-hybridized carbons (Fsp3) is 0.571. The summed E-state index contributed by atoms with van der Waals surface area (Å²) in [4.78, 5) is 0. The lowest BCUT2D eigenvalue weighted by atomic mass is 9.87. The SMILES string of the molecule is CCc1cc(C2CCCNC2)c(C)cc1O. The summed E-state index contributed by atoms with van der Waals surface area (Å²) in [6.45, 7) is 6.42. The van der Waals surface area contributed by atoms with Gasteiger partial charge in [-0.15, -0.1) is 0 Å². The molecule has 16 heavy (non-hydrogen) atoms. The summed E-state index contributed by atoms with van der Waals surface area (Å²) in [5, 5.41) is 13.2. The fourth-order valence-electron chi connectivity index (χ4n) is 2.60. The van der Waals surface area contributed by atoms with E-state index >= 15 is 0 Å². The summed E-state index contributed by atoms with van der Waals surface area (Å²) in [6.07, 6.45) is 3.42. The second-order valence-corrected chi connectivity index (χ2v) is 4.73. The molecule has 2 N–H and O–H groups in total. The van der Waals surface area contributed by atoms with Gasteiger partial charge < -0.3 is 10.4 Å². The van der Waals surface area contributed by atoms with Crippen LogP contribution in [0.4, 0.5) is 0 Å². The third-order valence-corrected chi connectivity index (χ3v) is 3.58. The lowest BCUT2D eigenvalue weighted by Gasteiger charge is -2.25. The van der Waals surface area contributed by atoms with Crippen LogP contribution in [-0.4, -0.2) is 18.2 Å². The maximum Gasteiger partial charge on any atom is 0.119 e. The Balaban J connectivity index is 2.31. The molecule has 0 saturated carbocycles. The van der Waals surface area contributed by atoms with E-state index in [1.165, 1.54) is 24.0 Å². The van der Waals surface area contributed by atoms with Gasteiger partial charge in [-0.2, -0.15) is 0 Å². The molecule has 1 heterocycles. The minimum atomic E-state index is 0.451. The molecule has 0 spiro atoms. The summed E-state index contributed by atoms with van der Waals surface area (Å²) in [6, 6.07) is 4.12. The van der Waals surface area contributed by atoms with Crippen molar-refractivity contribution >= 4 is 0 Å². The molecule has 1 fully saturated rings. The van der Waals surface area contributed by atoms with Gasteiger partial charge in [0.2, 0.25) is 0 Å². The zero-order valence-corrected chi connectivity index (χ0v) is 10.2. The van der Waals surface area contributed by atoms with Gasteiger partial charge in [0.25, 0.3) is 0 Å². The number of hydrogen-bond acceptors (Lipinski definition) is 2. The van der Waals surface area contributed by atoms with Crippen molar-refractivity contribution in [1.29, 1.82) is 0 Å². The van der Waals surface area contributed by atoms with Crippen molar-refractivity contribution in [3.05, 3.63) is 28.8 Å². The molecule has 0 radical (unpaired) electrons. The van der Waals surface area contributed by atoms with Gasteiger partial charge in [0, 0.05) is 6.54 Å². The summed E-state index contributed by atoms with van der Waals surface area (Å²) in [5.41, 5.74) is 3.72. The number of hydrogen-bond donors (Lipinski definition) is 2. The Labute approximate surface area is 97.7 Å². The molecule has 0 bridgehead atoms. The van der Waals surface area contributed by atoms with Crippen LogP contribution >= 0.6 is 0 Å². The minimum absolute atomic E-state index is 0.451. The zero-order chi connectivity index (χ0) is 11.5. The predicted molar refractivity (Wildman–Crippen MR) is 67.1 cm³/mol. The lowest BCUT2D eigenvalue weighted by Crippen LogP contribution is -2.28. The van der Waals surface area contributed by atoms with E-state index in [2.05, 4.69) is 25.2 Å². The number of piperidine rings is 1. The molecule has 1 unspecified atom stereocenters. The first-order valence-electron chi connectivity index (χ1n) is 6.25. The molecule has 0 aromatic heterocycles. The first-order valence-corrected chi connectivity index (χ1v) is 6.25. The second kappa shape index (κ2) is 4.88. The van der Waals surface area contributed by atoms with E-state index in [0.717, 1.165) is 25.1 Å². The summed E-state index contributed by atoms with van der Waals surface area (Å²) >= 11 is 0. The van der Waals surface area contributed by atoms with Gasteiger partial charge in [-0.05, 0) is 61.4 Å². The molecule has 2 heteroatoms. The van der Waals surface area contributed by atoms with E-state index in [0.29, 0.717) is 11.7 Å². The highest BCUT2D eigenvalue weighted by Gasteiger charge is 2.18. The maximum atomic E-state index is 9.80. The number of phenols is 1. The van der Waals surface area contributed by atoms with Crippen LogP contribution in [0.15, 0.2) is 12.1 Å². The first kappa shape index (κ1) is 11.5. The van der Waals surface area contributed by atoms with Crippen LogP contribution in [0.2, 0.25) is 0 Å². The molecule has 88 valence electrons. The number of aryl methyl sites for hydroxylation is 2. The summed E-state index contributed by atoms with van der Waals surface area (Å²) in [7, 11) is 0. The largest absolute Gasteiger partial charge is 0.508 e. The Hall–Kier alpha value is -1.02. The van der Waals surface area contributed by atoms with Crippen LogP contribution in [0.5, 0.6) is 5.75 Å². The Morgan fingerprint density at radius 3 is 2.88 bits per heavy atom. The predicted octanol–water partition coefficient (Wildman–Crippen LogP) is 2.73. The van der Waals surface area contributed by atoms with Crippen LogP contribution in [-0.2, 0) is 6.42 Å². The van der Waals surface area contributed by atoms with Crippen LogP contribution in [0.25, 0.3) is 0 Å². The molecule has 1 aromatic carbocycles. The Morgan fingerprint density at radius 2 is 2.25 bits per heavy atom. The topological polar surface area (TPSA) is 32.3 Å². The number of rotatable bonds is 2. The fourth-order valence-corrected chi connectivity index (χ4v) is 2.60. The molecular formula is C14H21NO. The average molecular weight is 219 g/mol. The van der Waals surface area contributed by atoms with Gasteiger partial charge in [0.1, 0.15) is 5.75 Å². The molecule has 1 saturated heterocycles. The number of benzene rings is 1. The van der Waals surface area contributed by atoms with Crippen LogP contribution in [0.1, 0.15) is 42.4 Å². The third kappa shape index (κ3) is 2.22. The summed E-state index contributed by atoms with van der Waals surface area (Å²) < 4.78 is 0. The van der Waals surface area contributed by atoms with Gasteiger partial charge >= 0.3 is 0 Å². The molecule has 1 aliphatic heterocycles. The van der Waals surface area contributed by atoms with Gasteiger partial charge in [-0.1, -0.05) is 13.0 Å². The smallest absolute Gasteiger partial charge is 0.119 e. The van der Waals surface area contributed by atoms with E-state index < -0.39 is 0 Å². The second-order valence-electron chi connectivity index (χ2n) is 4.73. The van der Waals surface area contributed by atoms with Crippen molar-refractivity contribution in [1.82, 2.24) is 5.32 Å². The van der Waals surface area contributed by atoms with Gasteiger partial charge in [-0.25, -0.2) is 0 Å². The number of phenolic OH excluding ortho intramolecular Hbond substituents is 1. The van der Waals surface area contributed by atoms with Crippen molar-refractivity contribution in [2.45, 2.75) is 39.0 Å². The van der Waals surface area contributed by atoms with E-state index in [4.69, 9.17) is 0 Å². The highest BCUT2D eigenvalue weighted by atomic mass is 16.3. The minimum Gasteiger partial charge on any atom is -0.508 e. The zero-order valence-electron chi connectivity index (χ0n) is 10.2. The van der Waals surface area contributed by atoms with Crippen molar-refractivity contribution in [3.63, 3.8) is 0 Å². The van der Waals surface area contributed by atoms with E-state index in [1.54, 1.807) is 0 Å². The molecule has 0 amide bonds. The van der Waals surface area contributed by atoms with Crippen molar-refractivity contribution in [2.24, 2.45) is 0 Å². The van der Waals surface area contributed by atoms with Crippen LogP contribution < -0.4 is 5.32 Å². The normalized spacial score (nSPS) is 21.0. The number of aromatic hydroxyl groups is 1. The van der Waals surface area contributed by atoms with Gasteiger partial charge in [-0.3, -0.25) is 0 Å². The molecule has 1 atom stereocenters. The Bertz CT molecular complexity index is 367. The van der Waals surface area contributed by atoms with Crippen LogP contribution in [0, 0.1) is 6.92 Å². The van der Waals surface area contributed by atoms with Crippen molar-refractivity contribution in [3.8, 4) is 5.75 Å². The standard InChI is InChI=1S/C14H21NO/c1-3-11-8-13(10(2)7-14(11)16)12-5-4-6-15-9-12/h7-8,12,15-16H,3-6,9H2,1-2H3. The van der Waals surface area contributed by atoms with E-state index in [1.807, 2.05) is 6.07 Å². The monoisotopic (exact) mass is 219 g/mol. The molecule has 2 nitrogen and oxygen atoms in total. The molecule has 0 aliphatic carbocycles. The van der Waals surface area contributed by atoms with Crippen LogP contribution in [0.3, 0.4) is 0 Å². The maximum absolute atomic E-state index is 9.80. The van der Waals surface area contributed by atoms with Crippen molar-refractivity contribution < 1.29 is 5.11 Å². The number of nitrogens with one attached hydrogen (secondary N) is 1. The highest BCUT2D eigenvalue weighted by molar-refractivity contribution is 5.43. The molecule has 1 aromatic rings. The van der Waals surface area contributed by atoms with E-state index in [-0.39, 0.29) is 0 Å². The van der Waals surface area contributed by atoms with Gasteiger partial charge in [0.15, 0.2) is 0 Å². The average Bonchev–Trinajstić information content (AvgIpc) is 2.30. The molecular weight excluding hydrogens is 198 g/mol. The summed E-state index contributed by atoms with van der Waals surface area (Å²) in [5.74, 6) is 1.08. The lowest BCUT2D eigenvalue weighted by molar-refractivity contribution is 0.453. The quantitative estimate of drug-likeness (QED) is 0.801. The van der Waals surface area contributed by atoms with E-state index in [9.17, 15) is 5.11 Å². The molecule has 2 rings (SSSR count). The first-order chi connectivity index (χ1) is 7.72. The van der Waals surface area contributed by atoms with Gasteiger partial charge in [0.05, 0.1) is 0 Å². The highest BCUT2D eigenvalue weighted by Crippen LogP contribution is 2.31.